The van der Waals surface area contributed by atoms with Gasteiger partial charge in [-0.3, -0.25) is 4.79 Å². The standard InChI is InChI=1S/C20H21NO4/c1-21(11-14-5-6-18-19(9-14)25-13-24-18)20(22)16-4-2-3-15(10-16)17-7-8-23-12-17/h2-6,9-10,17H,7-8,11-13H2,1H3/t17-/m0/s1. The van der Waals surface area contributed by atoms with Gasteiger partial charge in [0.1, 0.15) is 0 Å². The number of benzene rings is 2. The molecule has 1 amide bonds. The molecule has 1 fully saturated rings. The highest BCUT2D eigenvalue weighted by atomic mass is 16.7. The van der Waals surface area contributed by atoms with Crippen LogP contribution < -0.4 is 9.47 Å². The summed E-state index contributed by atoms with van der Waals surface area (Å²) in [5, 5.41) is 0. The summed E-state index contributed by atoms with van der Waals surface area (Å²) in [6, 6.07) is 13.7. The van der Waals surface area contributed by atoms with Crippen LogP contribution in [0.25, 0.3) is 0 Å². The monoisotopic (exact) mass is 339 g/mol. The summed E-state index contributed by atoms with van der Waals surface area (Å²) in [4.78, 5) is 14.5. The second kappa shape index (κ2) is 6.76. The lowest BCUT2D eigenvalue weighted by Crippen LogP contribution is -2.26. The topological polar surface area (TPSA) is 48.0 Å². The SMILES string of the molecule is CN(Cc1ccc2c(c1)OCO2)C(=O)c1cccc([C@H]2CCOC2)c1. The molecule has 5 heteroatoms. The second-order valence-corrected chi connectivity index (χ2v) is 6.53. The first kappa shape index (κ1) is 16.0. The van der Waals surface area contributed by atoms with Gasteiger partial charge < -0.3 is 19.1 Å². The van der Waals surface area contributed by atoms with Crippen LogP contribution in [0, 0.1) is 0 Å². The number of rotatable bonds is 4. The summed E-state index contributed by atoms with van der Waals surface area (Å²) in [6.07, 6.45) is 1.02. The van der Waals surface area contributed by atoms with Crippen molar-refractivity contribution in [2.75, 3.05) is 27.1 Å². The van der Waals surface area contributed by atoms with Gasteiger partial charge in [-0.25, -0.2) is 0 Å². The van der Waals surface area contributed by atoms with Crippen LogP contribution in [0.1, 0.15) is 33.8 Å². The van der Waals surface area contributed by atoms with Crippen molar-refractivity contribution in [2.24, 2.45) is 0 Å². The average molecular weight is 339 g/mol. The molecule has 0 unspecified atom stereocenters. The Morgan fingerprint density at radius 1 is 1.16 bits per heavy atom. The minimum Gasteiger partial charge on any atom is -0.454 e. The lowest BCUT2D eigenvalue weighted by atomic mass is 9.96. The van der Waals surface area contributed by atoms with Crippen molar-refractivity contribution < 1.29 is 19.0 Å². The number of carbonyl (C=O) groups excluding carboxylic acids is 1. The smallest absolute Gasteiger partial charge is 0.253 e. The van der Waals surface area contributed by atoms with Crippen LogP contribution in [-0.2, 0) is 11.3 Å². The third-order valence-corrected chi connectivity index (χ3v) is 4.74. The van der Waals surface area contributed by atoms with E-state index in [1.165, 1.54) is 5.56 Å². The molecular formula is C20H21NO4. The van der Waals surface area contributed by atoms with E-state index in [1.807, 2.05) is 43.4 Å². The number of amides is 1. The van der Waals surface area contributed by atoms with Crippen LogP contribution in [0.15, 0.2) is 42.5 Å². The minimum atomic E-state index is 0.0124. The molecule has 2 aromatic carbocycles. The average Bonchev–Trinajstić information content (AvgIpc) is 3.32. The second-order valence-electron chi connectivity index (χ2n) is 6.53. The molecule has 0 aromatic heterocycles. The van der Waals surface area contributed by atoms with Gasteiger partial charge in [-0.05, 0) is 41.8 Å². The zero-order valence-electron chi connectivity index (χ0n) is 14.2. The predicted molar refractivity (Wildman–Crippen MR) is 93.0 cm³/mol. The van der Waals surface area contributed by atoms with Crippen LogP contribution in [0.5, 0.6) is 11.5 Å². The first-order chi connectivity index (χ1) is 12.2. The van der Waals surface area contributed by atoms with Gasteiger partial charge >= 0.3 is 0 Å². The fraction of sp³-hybridized carbons (Fsp3) is 0.350. The zero-order chi connectivity index (χ0) is 17.2. The Hall–Kier alpha value is -2.53. The van der Waals surface area contributed by atoms with Crippen molar-refractivity contribution >= 4 is 5.91 Å². The molecule has 0 N–H and O–H groups in total. The quantitative estimate of drug-likeness (QED) is 0.858. The maximum atomic E-state index is 12.8. The first-order valence-electron chi connectivity index (χ1n) is 8.52. The maximum absolute atomic E-state index is 12.8. The first-order valence-corrected chi connectivity index (χ1v) is 8.52. The lowest BCUT2D eigenvalue weighted by molar-refractivity contribution is 0.0784. The van der Waals surface area contributed by atoms with Crippen molar-refractivity contribution in [3.05, 3.63) is 59.2 Å². The Morgan fingerprint density at radius 2 is 2.04 bits per heavy atom. The van der Waals surface area contributed by atoms with Gasteiger partial charge in [-0.15, -0.1) is 0 Å². The van der Waals surface area contributed by atoms with Crippen molar-refractivity contribution in [1.29, 1.82) is 0 Å². The van der Waals surface area contributed by atoms with E-state index >= 15 is 0 Å². The molecule has 130 valence electrons. The van der Waals surface area contributed by atoms with E-state index < -0.39 is 0 Å². The van der Waals surface area contributed by atoms with Crippen molar-refractivity contribution in [2.45, 2.75) is 18.9 Å². The summed E-state index contributed by atoms with van der Waals surface area (Å²) in [7, 11) is 1.82. The Balaban J connectivity index is 1.47. The molecule has 25 heavy (non-hydrogen) atoms. The van der Waals surface area contributed by atoms with Crippen LogP contribution >= 0.6 is 0 Å². The molecule has 0 saturated carbocycles. The van der Waals surface area contributed by atoms with Crippen molar-refractivity contribution in [3.8, 4) is 11.5 Å². The molecular weight excluding hydrogens is 318 g/mol. The number of hydrogen-bond donors (Lipinski definition) is 0. The van der Waals surface area contributed by atoms with E-state index in [0.29, 0.717) is 18.0 Å². The molecule has 0 bridgehead atoms. The number of carbonyl (C=O) groups is 1. The summed E-state index contributed by atoms with van der Waals surface area (Å²) >= 11 is 0. The normalized spacial score (nSPS) is 18.4. The van der Waals surface area contributed by atoms with Crippen LogP contribution in [0.4, 0.5) is 0 Å². The van der Waals surface area contributed by atoms with Gasteiger partial charge in [-0.1, -0.05) is 18.2 Å². The summed E-state index contributed by atoms with van der Waals surface area (Å²) in [5.74, 6) is 1.90. The summed E-state index contributed by atoms with van der Waals surface area (Å²) in [6.45, 7) is 2.31. The number of hydrogen-bond acceptors (Lipinski definition) is 4. The molecule has 4 rings (SSSR count). The van der Waals surface area contributed by atoms with E-state index in [2.05, 4.69) is 6.07 Å². The molecule has 1 atom stereocenters. The van der Waals surface area contributed by atoms with Gasteiger partial charge in [0.2, 0.25) is 6.79 Å². The summed E-state index contributed by atoms with van der Waals surface area (Å²) in [5.41, 5.74) is 2.91. The largest absolute Gasteiger partial charge is 0.454 e. The zero-order valence-corrected chi connectivity index (χ0v) is 14.2. The molecule has 2 aliphatic rings. The van der Waals surface area contributed by atoms with Crippen LogP contribution in [0.2, 0.25) is 0 Å². The maximum Gasteiger partial charge on any atom is 0.253 e. The molecule has 1 saturated heterocycles. The highest BCUT2D eigenvalue weighted by Gasteiger charge is 2.20. The molecule has 0 aliphatic carbocycles. The molecule has 2 aromatic rings. The van der Waals surface area contributed by atoms with E-state index in [0.717, 1.165) is 36.7 Å². The van der Waals surface area contributed by atoms with Crippen molar-refractivity contribution in [3.63, 3.8) is 0 Å². The highest BCUT2D eigenvalue weighted by Crippen LogP contribution is 2.33. The number of fused-ring (bicyclic) bond motifs is 1. The molecule has 0 spiro atoms. The fourth-order valence-corrected chi connectivity index (χ4v) is 3.33. The van der Waals surface area contributed by atoms with Gasteiger partial charge in [0.25, 0.3) is 5.91 Å². The minimum absolute atomic E-state index is 0.0124. The molecule has 2 heterocycles. The van der Waals surface area contributed by atoms with Crippen LogP contribution in [-0.4, -0.2) is 37.9 Å². The lowest BCUT2D eigenvalue weighted by Gasteiger charge is -2.18. The molecule has 0 radical (unpaired) electrons. The van der Waals surface area contributed by atoms with Crippen LogP contribution in [0.3, 0.4) is 0 Å². The Bertz CT molecular complexity index is 783. The third kappa shape index (κ3) is 3.33. The van der Waals surface area contributed by atoms with E-state index in [1.54, 1.807) is 4.90 Å². The van der Waals surface area contributed by atoms with E-state index in [4.69, 9.17) is 14.2 Å². The highest BCUT2D eigenvalue weighted by molar-refractivity contribution is 5.94. The predicted octanol–water partition coefficient (Wildman–Crippen LogP) is 3.19. The molecule has 5 nitrogen and oxygen atoms in total. The Kier molecular flexibility index (Phi) is 4.32. The number of ether oxygens (including phenoxy) is 3. The van der Waals surface area contributed by atoms with Gasteiger partial charge in [0.15, 0.2) is 11.5 Å². The van der Waals surface area contributed by atoms with Gasteiger partial charge in [0, 0.05) is 31.7 Å². The number of nitrogens with zero attached hydrogens (tertiary/aromatic N) is 1. The van der Waals surface area contributed by atoms with Gasteiger partial charge in [-0.2, -0.15) is 0 Å². The Labute approximate surface area is 147 Å². The summed E-state index contributed by atoms with van der Waals surface area (Å²) < 4.78 is 16.2. The third-order valence-electron chi connectivity index (χ3n) is 4.74. The molecule has 2 aliphatic heterocycles. The van der Waals surface area contributed by atoms with Crippen molar-refractivity contribution in [1.82, 2.24) is 4.90 Å². The van der Waals surface area contributed by atoms with E-state index in [-0.39, 0.29) is 12.7 Å². The van der Waals surface area contributed by atoms with Gasteiger partial charge in [0.05, 0.1) is 6.61 Å². The Morgan fingerprint density at radius 3 is 2.88 bits per heavy atom. The van der Waals surface area contributed by atoms with E-state index in [9.17, 15) is 4.79 Å². The fourth-order valence-electron chi connectivity index (χ4n) is 3.33.